The Bertz CT molecular complexity index is 800. The van der Waals surface area contributed by atoms with E-state index in [0.717, 1.165) is 6.07 Å². The first-order chi connectivity index (χ1) is 12.0. The Morgan fingerprint density at radius 2 is 1.72 bits per heavy atom. The summed E-state index contributed by atoms with van der Waals surface area (Å²) in [6.45, 7) is 0.220. The molecule has 0 aliphatic rings. The number of amides is 2. The molecular weight excluding hydrogens is 330 g/mol. The van der Waals surface area contributed by atoms with Crippen molar-refractivity contribution in [2.75, 3.05) is 13.1 Å². The van der Waals surface area contributed by atoms with Gasteiger partial charge in [0.15, 0.2) is 0 Å². The van der Waals surface area contributed by atoms with Crippen LogP contribution < -0.4 is 16.2 Å². The van der Waals surface area contributed by atoms with Gasteiger partial charge < -0.3 is 25.7 Å². The number of ether oxygens (including phenoxy) is 1. The van der Waals surface area contributed by atoms with E-state index in [2.05, 4.69) is 10.6 Å². The first-order valence-electron chi connectivity index (χ1n) is 7.35. The summed E-state index contributed by atoms with van der Waals surface area (Å²) < 4.78 is 5.21. The molecule has 9 heteroatoms. The van der Waals surface area contributed by atoms with Gasteiger partial charge in [0, 0.05) is 19.2 Å². The number of carbonyl (C=O) groups excluding carboxylic acids is 2. The zero-order valence-electron chi connectivity index (χ0n) is 13.1. The number of rotatable bonds is 6. The van der Waals surface area contributed by atoms with Gasteiger partial charge >= 0.3 is 6.09 Å². The van der Waals surface area contributed by atoms with Gasteiger partial charge in [-0.1, -0.05) is 18.2 Å². The first-order valence-corrected chi connectivity index (χ1v) is 7.35. The quantitative estimate of drug-likeness (QED) is 0.443. The zero-order valence-corrected chi connectivity index (χ0v) is 13.1. The van der Waals surface area contributed by atoms with Crippen LogP contribution in [0.2, 0.25) is 0 Å². The van der Waals surface area contributed by atoms with Gasteiger partial charge in [0.2, 0.25) is 0 Å². The summed E-state index contributed by atoms with van der Waals surface area (Å²) in [5.41, 5.74) is -0.211. The maximum Gasteiger partial charge on any atom is 0.407 e. The minimum absolute atomic E-state index is 0.0409. The molecule has 132 valence electrons. The Morgan fingerprint density at radius 1 is 1.04 bits per heavy atom. The summed E-state index contributed by atoms with van der Waals surface area (Å²) in [6, 6.07) is 9.96. The molecule has 0 unspecified atom stereocenters. The predicted molar refractivity (Wildman–Crippen MR) is 86.5 cm³/mol. The highest BCUT2D eigenvalue weighted by Crippen LogP contribution is 2.10. The molecule has 0 fully saturated rings. The molecule has 0 saturated carbocycles. The molecule has 2 rings (SSSR count). The van der Waals surface area contributed by atoms with Crippen molar-refractivity contribution in [1.29, 1.82) is 0 Å². The van der Waals surface area contributed by atoms with Crippen LogP contribution in [0, 0.1) is 0 Å². The van der Waals surface area contributed by atoms with Crippen LogP contribution >= 0.6 is 0 Å². The van der Waals surface area contributed by atoms with E-state index < -0.39 is 17.6 Å². The van der Waals surface area contributed by atoms with Crippen molar-refractivity contribution in [3.63, 3.8) is 0 Å². The molecule has 2 aromatic rings. The van der Waals surface area contributed by atoms with E-state index in [4.69, 9.17) is 9.84 Å². The number of benzene rings is 1. The number of hydrogen-bond acceptors (Lipinski definition) is 6. The number of nitrogens with one attached hydrogen (secondary N) is 2. The summed E-state index contributed by atoms with van der Waals surface area (Å²) in [7, 11) is 0. The third-order valence-electron chi connectivity index (χ3n) is 3.15. The summed E-state index contributed by atoms with van der Waals surface area (Å²) in [6.07, 6.45) is -0.666. The number of carbonyl (C=O) groups is 2. The third kappa shape index (κ3) is 5.27. The van der Waals surface area contributed by atoms with Crippen LogP contribution in [0.3, 0.4) is 0 Å². The SMILES string of the molecule is O=C(NCCNC(=O)c1cccc(=O)n1O)OCc1ccc(O)cc1. The minimum atomic E-state index is -0.719. The van der Waals surface area contributed by atoms with Crippen molar-refractivity contribution in [3.05, 3.63) is 64.1 Å². The second-order valence-corrected chi connectivity index (χ2v) is 4.99. The number of aromatic hydroxyl groups is 1. The van der Waals surface area contributed by atoms with Crippen LogP contribution in [0.5, 0.6) is 5.75 Å². The fourth-order valence-corrected chi connectivity index (χ4v) is 1.88. The second kappa shape index (κ2) is 8.39. The number of hydrogen-bond donors (Lipinski definition) is 4. The highest BCUT2D eigenvalue weighted by Gasteiger charge is 2.11. The lowest BCUT2D eigenvalue weighted by Crippen LogP contribution is -2.37. The Hall–Kier alpha value is -3.49. The Balaban J connectivity index is 1.69. The van der Waals surface area contributed by atoms with Gasteiger partial charge in [0.05, 0.1) is 0 Å². The van der Waals surface area contributed by atoms with Crippen molar-refractivity contribution in [2.45, 2.75) is 6.61 Å². The van der Waals surface area contributed by atoms with Crippen molar-refractivity contribution in [2.24, 2.45) is 0 Å². The molecule has 1 heterocycles. The van der Waals surface area contributed by atoms with Crippen LogP contribution in [-0.4, -0.2) is 40.1 Å². The van der Waals surface area contributed by atoms with E-state index in [-0.39, 0.29) is 35.9 Å². The largest absolute Gasteiger partial charge is 0.508 e. The molecule has 0 spiro atoms. The summed E-state index contributed by atoms with van der Waals surface area (Å²) >= 11 is 0. The molecule has 0 aliphatic carbocycles. The lowest BCUT2D eigenvalue weighted by atomic mass is 10.2. The van der Waals surface area contributed by atoms with Gasteiger partial charge in [-0.2, -0.15) is 0 Å². The summed E-state index contributed by atoms with van der Waals surface area (Å²) in [4.78, 5) is 34.5. The molecule has 25 heavy (non-hydrogen) atoms. The summed E-state index contributed by atoms with van der Waals surface area (Å²) in [5.74, 6) is -0.532. The van der Waals surface area contributed by atoms with Gasteiger partial charge in [-0.15, -0.1) is 4.73 Å². The predicted octanol–water partition coefficient (Wildman–Crippen LogP) is 0.447. The van der Waals surface area contributed by atoms with Crippen LogP contribution in [0.4, 0.5) is 4.79 Å². The van der Waals surface area contributed by atoms with Crippen molar-refractivity contribution < 1.29 is 24.6 Å². The van der Waals surface area contributed by atoms with Crippen molar-refractivity contribution in [3.8, 4) is 5.75 Å². The Labute approximate surface area is 142 Å². The normalized spacial score (nSPS) is 10.1. The molecule has 0 bridgehead atoms. The minimum Gasteiger partial charge on any atom is -0.508 e. The number of phenols is 1. The third-order valence-corrected chi connectivity index (χ3v) is 3.15. The van der Waals surface area contributed by atoms with Gasteiger partial charge in [0.1, 0.15) is 18.1 Å². The second-order valence-electron chi connectivity index (χ2n) is 4.99. The number of aromatic nitrogens is 1. The van der Waals surface area contributed by atoms with Gasteiger partial charge in [-0.3, -0.25) is 9.59 Å². The van der Waals surface area contributed by atoms with Crippen molar-refractivity contribution >= 4 is 12.0 Å². The topological polar surface area (TPSA) is 130 Å². The number of pyridine rings is 1. The molecule has 0 atom stereocenters. The number of alkyl carbamates (subject to hydrolysis) is 1. The van der Waals surface area contributed by atoms with Gasteiger partial charge in [-0.25, -0.2) is 4.79 Å². The number of nitrogens with zero attached hydrogens (tertiary/aromatic N) is 1. The average molecular weight is 347 g/mol. The molecular formula is C16H17N3O6. The molecule has 4 N–H and O–H groups in total. The molecule has 0 aliphatic heterocycles. The molecule has 0 saturated heterocycles. The zero-order chi connectivity index (χ0) is 18.2. The lowest BCUT2D eigenvalue weighted by Gasteiger charge is -2.09. The van der Waals surface area contributed by atoms with Crippen LogP contribution in [0.25, 0.3) is 0 Å². The van der Waals surface area contributed by atoms with E-state index in [1.807, 2.05) is 0 Å². The van der Waals surface area contributed by atoms with Gasteiger partial charge in [-0.05, 0) is 23.8 Å². The fourth-order valence-electron chi connectivity index (χ4n) is 1.88. The monoisotopic (exact) mass is 347 g/mol. The van der Waals surface area contributed by atoms with E-state index in [1.54, 1.807) is 12.1 Å². The Kier molecular flexibility index (Phi) is 5.99. The summed E-state index contributed by atoms with van der Waals surface area (Å²) in [5, 5.41) is 23.5. The van der Waals surface area contributed by atoms with Crippen LogP contribution in [0.1, 0.15) is 16.1 Å². The highest BCUT2D eigenvalue weighted by atomic mass is 16.5. The standard InChI is InChI=1S/C16H17N3O6/c20-12-6-4-11(5-7-12)10-25-16(23)18-9-8-17-15(22)13-2-1-3-14(21)19(13)24/h1-7,20,24H,8-10H2,(H,17,22)(H,18,23). The molecule has 0 radical (unpaired) electrons. The smallest absolute Gasteiger partial charge is 0.407 e. The van der Waals surface area contributed by atoms with E-state index in [1.165, 1.54) is 24.3 Å². The maximum absolute atomic E-state index is 11.8. The van der Waals surface area contributed by atoms with E-state index in [9.17, 15) is 19.6 Å². The van der Waals surface area contributed by atoms with Crippen molar-refractivity contribution in [1.82, 2.24) is 15.4 Å². The maximum atomic E-state index is 11.8. The van der Waals surface area contributed by atoms with Crippen LogP contribution in [0.15, 0.2) is 47.3 Å². The lowest BCUT2D eigenvalue weighted by molar-refractivity contribution is 0.0890. The van der Waals surface area contributed by atoms with Crippen LogP contribution in [-0.2, 0) is 11.3 Å². The number of phenolic OH excluding ortho intramolecular Hbond substituents is 1. The Morgan fingerprint density at radius 3 is 2.44 bits per heavy atom. The van der Waals surface area contributed by atoms with E-state index >= 15 is 0 Å². The molecule has 1 aromatic heterocycles. The molecule has 2 amide bonds. The fraction of sp³-hybridized carbons (Fsp3) is 0.188. The average Bonchev–Trinajstić information content (AvgIpc) is 2.60. The van der Waals surface area contributed by atoms with Gasteiger partial charge in [0.25, 0.3) is 11.5 Å². The molecule has 1 aromatic carbocycles. The van der Waals surface area contributed by atoms with E-state index in [0.29, 0.717) is 5.56 Å². The highest BCUT2D eigenvalue weighted by molar-refractivity contribution is 5.92. The first kappa shape index (κ1) is 17.9. The molecule has 9 nitrogen and oxygen atoms in total.